The standard InChI is InChI=1S/C11H15N3OS/c1-15-5-4-12-7-9-8-13-11(14-9)10-3-2-6-16-10/h2-3,6,8,12H,4-5,7H2,1H3,(H,13,14). The Morgan fingerprint density at radius 3 is 3.25 bits per heavy atom. The number of thiophene rings is 1. The van der Waals surface area contributed by atoms with Gasteiger partial charge in [-0.1, -0.05) is 6.07 Å². The molecule has 0 saturated heterocycles. The number of rotatable bonds is 6. The van der Waals surface area contributed by atoms with E-state index in [0.717, 1.165) is 31.2 Å². The van der Waals surface area contributed by atoms with E-state index in [2.05, 4.69) is 21.4 Å². The van der Waals surface area contributed by atoms with Crippen LogP contribution in [0.4, 0.5) is 0 Å². The third-order valence-electron chi connectivity index (χ3n) is 2.18. The minimum Gasteiger partial charge on any atom is -0.383 e. The van der Waals surface area contributed by atoms with Crippen LogP contribution >= 0.6 is 11.3 Å². The van der Waals surface area contributed by atoms with Gasteiger partial charge in [0.2, 0.25) is 0 Å². The highest BCUT2D eigenvalue weighted by Crippen LogP contribution is 2.20. The smallest absolute Gasteiger partial charge is 0.147 e. The molecule has 5 heteroatoms. The fourth-order valence-corrected chi connectivity index (χ4v) is 2.06. The molecule has 0 unspecified atom stereocenters. The lowest BCUT2D eigenvalue weighted by Crippen LogP contribution is -2.18. The van der Waals surface area contributed by atoms with Crippen molar-refractivity contribution in [1.29, 1.82) is 0 Å². The predicted octanol–water partition coefficient (Wildman–Crippen LogP) is 1.87. The van der Waals surface area contributed by atoms with Crippen molar-refractivity contribution in [3.63, 3.8) is 0 Å². The van der Waals surface area contributed by atoms with Crippen LogP contribution in [0.2, 0.25) is 0 Å². The van der Waals surface area contributed by atoms with E-state index in [0.29, 0.717) is 0 Å². The van der Waals surface area contributed by atoms with Crippen molar-refractivity contribution in [3.05, 3.63) is 29.4 Å². The van der Waals surface area contributed by atoms with Crippen molar-refractivity contribution < 1.29 is 4.74 Å². The number of H-pyrrole nitrogens is 1. The van der Waals surface area contributed by atoms with E-state index in [9.17, 15) is 0 Å². The second kappa shape index (κ2) is 5.79. The van der Waals surface area contributed by atoms with Crippen LogP contribution in [0.3, 0.4) is 0 Å². The topological polar surface area (TPSA) is 49.9 Å². The Morgan fingerprint density at radius 1 is 1.56 bits per heavy atom. The summed E-state index contributed by atoms with van der Waals surface area (Å²) in [6, 6.07) is 4.09. The van der Waals surface area contributed by atoms with Crippen molar-refractivity contribution in [3.8, 4) is 10.7 Å². The summed E-state index contributed by atoms with van der Waals surface area (Å²) in [7, 11) is 1.70. The largest absolute Gasteiger partial charge is 0.383 e. The van der Waals surface area contributed by atoms with Gasteiger partial charge in [0.15, 0.2) is 0 Å². The van der Waals surface area contributed by atoms with Gasteiger partial charge in [0.25, 0.3) is 0 Å². The van der Waals surface area contributed by atoms with Gasteiger partial charge in [-0.3, -0.25) is 0 Å². The number of hydrogen-bond acceptors (Lipinski definition) is 4. The highest BCUT2D eigenvalue weighted by atomic mass is 32.1. The maximum absolute atomic E-state index is 4.96. The summed E-state index contributed by atoms with van der Waals surface area (Å²) in [6.07, 6.45) is 1.87. The summed E-state index contributed by atoms with van der Waals surface area (Å²) in [4.78, 5) is 8.80. The van der Waals surface area contributed by atoms with Crippen molar-refractivity contribution in [2.45, 2.75) is 6.54 Å². The third-order valence-corrected chi connectivity index (χ3v) is 3.06. The van der Waals surface area contributed by atoms with E-state index in [1.165, 1.54) is 4.88 Å². The second-order valence-electron chi connectivity index (χ2n) is 3.40. The molecule has 0 amide bonds. The zero-order valence-corrected chi connectivity index (χ0v) is 10.0. The highest BCUT2D eigenvalue weighted by Gasteiger charge is 2.03. The molecule has 0 aliphatic heterocycles. The molecule has 0 fully saturated rings. The van der Waals surface area contributed by atoms with Gasteiger partial charge in [-0.25, -0.2) is 4.98 Å². The van der Waals surface area contributed by atoms with E-state index in [1.807, 2.05) is 17.6 Å². The molecule has 2 heterocycles. The Labute approximate surface area is 98.7 Å². The lowest BCUT2D eigenvalue weighted by atomic mass is 10.4. The molecule has 0 bridgehead atoms. The first-order valence-corrected chi connectivity index (χ1v) is 6.05. The maximum atomic E-state index is 4.96. The van der Waals surface area contributed by atoms with E-state index in [4.69, 9.17) is 4.74 Å². The van der Waals surface area contributed by atoms with E-state index >= 15 is 0 Å². The Morgan fingerprint density at radius 2 is 2.50 bits per heavy atom. The molecule has 2 rings (SSSR count). The summed E-state index contributed by atoms with van der Waals surface area (Å²) in [5.74, 6) is 0.943. The molecule has 2 aromatic rings. The lowest BCUT2D eigenvalue weighted by Gasteiger charge is -2.00. The fraction of sp³-hybridized carbons (Fsp3) is 0.364. The average molecular weight is 237 g/mol. The second-order valence-corrected chi connectivity index (χ2v) is 4.35. The first-order chi connectivity index (χ1) is 7.90. The summed E-state index contributed by atoms with van der Waals surface area (Å²) < 4.78 is 4.96. The number of nitrogens with one attached hydrogen (secondary N) is 2. The van der Waals surface area contributed by atoms with Crippen LogP contribution in [0.1, 0.15) is 5.69 Å². The summed E-state index contributed by atoms with van der Waals surface area (Å²) in [6.45, 7) is 2.37. The molecule has 0 aliphatic rings. The van der Waals surface area contributed by atoms with Gasteiger partial charge in [0.1, 0.15) is 5.82 Å². The minimum absolute atomic E-state index is 0.728. The van der Waals surface area contributed by atoms with Gasteiger partial charge < -0.3 is 15.0 Å². The molecule has 16 heavy (non-hydrogen) atoms. The number of imidazole rings is 1. The van der Waals surface area contributed by atoms with Crippen LogP contribution in [0.5, 0.6) is 0 Å². The molecule has 0 spiro atoms. The fourth-order valence-electron chi connectivity index (χ4n) is 1.38. The first kappa shape index (κ1) is 11.3. The van der Waals surface area contributed by atoms with Crippen LogP contribution < -0.4 is 5.32 Å². The first-order valence-electron chi connectivity index (χ1n) is 5.17. The third kappa shape index (κ3) is 2.91. The molecule has 86 valence electrons. The monoisotopic (exact) mass is 237 g/mol. The molecular weight excluding hydrogens is 222 g/mol. The van der Waals surface area contributed by atoms with Gasteiger partial charge in [-0.15, -0.1) is 11.3 Å². The van der Waals surface area contributed by atoms with Crippen LogP contribution in [0.25, 0.3) is 10.7 Å². The molecular formula is C11H15N3OS. The van der Waals surface area contributed by atoms with Crippen molar-refractivity contribution in [2.75, 3.05) is 20.3 Å². The molecule has 2 aromatic heterocycles. The van der Waals surface area contributed by atoms with E-state index in [-0.39, 0.29) is 0 Å². The quantitative estimate of drug-likeness (QED) is 0.754. The van der Waals surface area contributed by atoms with Gasteiger partial charge in [0, 0.05) is 32.1 Å². The number of methoxy groups -OCH3 is 1. The Hall–Kier alpha value is -1.17. The lowest BCUT2D eigenvalue weighted by molar-refractivity contribution is 0.199. The van der Waals surface area contributed by atoms with Crippen LogP contribution in [0.15, 0.2) is 23.7 Å². The van der Waals surface area contributed by atoms with Gasteiger partial charge >= 0.3 is 0 Å². The van der Waals surface area contributed by atoms with E-state index in [1.54, 1.807) is 18.4 Å². The number of aromatic amines is 1. The van der Waals surface area contributed by atoms with Gasteiger partial charge in [-0.2, -0.15) is 0 Å². The zero-order valence-electron chi connectivity index (χ0n) is 9.19. The maximum Gasteiger partial charge on any atom is 0.147 e. The molecule has 4 nitrogen and oxygen atoms in total. The Balaban J connectivity index is 1.88. The Kier molecular flexibility index (Phi) is 4.10. The molecule has 0 aromatic carbocycles. The zero-order chi connectivity index (χ0) is 11.2. The van der Waals surface area contributed by atoms with E-state index < -0.39 is 0 Å². The summed E-state index contributed by atoms with van der Waals surface area (Å²) in [5.41, 5.74) is 1.10. The summed E-state index contributed by atoms with van der Waals surface area (Å²) >= 11 is 1.69. The van der Waals surface area contributed by atoms with Crippen molar-refractivity contribution in [2.24, 2.45) is 0 Å². The number of aromatic nitrogens is 2. The van der Waals surface area contributed by atoms with Gasteiger partial charge in [-0.05, 0) is 11.4 Å². The molecule has 0 radical (unpaired) electrons. The van der Waals surface area contributed by atoms with Crippen molar-refractivity contribution in [1.82, 2.24) is 15.3 Å². The van der Waals surface area contributed by atoms with Crippen molar-refractivity contribution >= 4 is 11.3 Å². The number of ether oxygens (including phenoxy) is 1. The highest BCUT2D eigenvalue weighted by molar-refractivity contribution is 7.13. The molecule has 2 N–H and O–H groups in total. The molecule has 0 aliphatic carbocycles. The molecule has 0 saturated carbocycles. The van der Waals surface area contributed by atoms with Crippen LogP contribution in [-0.2, 0) is 11.3 Å². The SMILES string of the molecule is COCCNCc1cnc(-c2cccs2)[nH]1. The van der Waals surface area contributed by atoms with Crippen LogP contribution in [0, 0.1) is 0 Å². The minimum atomic E-state index is 0.728. The predicted molar refractivity (Wildman–Crippen MR) is 65.5 cm³/mol. The van der Waals surface area contributed by atoms with Gasteiger partial charge in [0.05, 0.1) is 11.5 Å². The van der Waals surface area contributed by atoms with Crippen LogP contribution in [-0.4, -0.2) is 30.2 Å². The normalized spacial score (nSPS) is 10.8. The summed E-state index contributed by atoms with van der Waals surface area (Å²) in [5, 5.41) is 5.32. The number of hydrogen-bond donors (Lipinski definition) is 2. The average Bonchev–Trinajstić information content (AvgIpc) is 2.94. The Bertz CT molecular complexity index is 411. The number of nitrogens with zero attached hydrogens (tertiary/aromatic N) is 1. The molecule has 0 atom stereocenters.